The fourth-order valence-corrected chi connectivity index (χ4v) is 10.0. The first-order chi connectivity index (χ1) is 47.4. The molecule has 16 rings (SSSR count). The molecule has 0 amide bonds. The average molecular weight is 1280 g/mol. The molecule has 1 aliphatic heterocycles. The smallest absolute Gasteiger partial charge is 0.0921 e. The molecule has 0 radical (unpaired) electrons. The molecule has 0 bridgehead atoms. The van der Waals surface area contributed by atoms with Gasteiger partial charge in [0.2, 0.25) is 0 Å². The molecule has 0 unspecified atom stereocenters. The van der Waals surface area contributed by atoms with Crippen molar-refractivity contribution in [3.05, 3.63) is 354 Å². The van der Waals surface area contributed by atoms with Crippen molar-refractivity contribution in [3.63, 3.8) is 0 Å². The Kier molecular flexibility index (Phi) is 31.4. The van der Waals surface area contributed by atoms with Crippen LogP contribution in [0.2, 0.25) is 0 Å². The molecule has 1 aliphatic rings. The van der Waals surface area contributed by atoms with Crippen molar-refractivity contribution in [2.24, 2.45) is 0 Å². The molecule has 0 fully saturated rings. The van der Waals surface area contributed by atoms with Crippen molar-refractivity contribution in [2.45, 2.75) is 108 Å². The lowest BCUT2D eigenvalue weighted by Crippen LogP contribution is -2.11. The van der Waals surface area contributed by atoms with Crippen LogP contribution >= 0.6 is 0 Å². The SMILES string of the molecule is CCc1ccccn1.CCc1cccnc1.CCc1ccncc1.CCc1cnc[nH]1.Cc1cc2ccccc2cn1.Cc1ccc2c(c1)CCCN2.Cc1ccc2ccccc2c1.Cc1ccc2ccccc2n1.Cc1ccc2ncccc2c1.Cc1cccc2cccnc12. The van der Waals surface area contributed by atoms with Gasteiger partial charge >= 0.3 is 0 Å². The van der Waals surface area contributed by atoms with Gasteiger partial charge in [-0.05, 0) is 197 Å². The van der Waals surface area contributed by atoms with E-state index in [1.165, 1.54) is 101 Å². The number of rotatable bonds is 4. The van der Waals surface area contributed by atoms with E-state index in [1.54, 1.807) is 12.5 Å². The Bertz CT molecular complexity index is 4240. The predicted molar refractivity (Wildman–Crippen MR) is 411 cm³/mol. The second-order valence-electron chi connectivity index (χ2n) is 23.2. The number of fused-ring (bicyclic) bond motifs is 6. The Morgan fingerprint density at radius 1 is 0.361 bits per heavy atom. The van der Waals surface area contributed by atoms with E-state index in [1.807, 2.05) is 154 Å². The quantitative estimate of drug-likeness (QED) is 0.177. The summed E-state index contributed by atoms with van der Waals surface area (Å²) < 4.78 is 0. The Morgan fingerprint density at radius 3 is 1.63 bits per heavy atom. The number of imidazole rings is 1. The molecule has 10 nitrogen and oxygen atoms in total. The zero-order valence-electron chi connectivity index (χ0n) is 58.2. The van der Waals surface area contributed by atoms with E-state index in [2.05, 4.69) is 245 Å². The van der Waals surface area contributed by atoms with E-state index in [0.717, 1.165) is 65.9 Å². The third-order valence-electron chi connectivity index (χ3n) is 15.5. The molecule has 0 saturated heterocycles. The van der Waals surface area contributed by atoms with Gasteiger partial charge in [0.1, 0.15) is 0 Å². The molecular formula is C87H94N10. The molecule has 97 heavy (non-hydrogen) atoms. The van der Waals surface area contributed by atoms with Crippen molar-refractivity contribution in [1.29, 1.82) is 0 Å². The van der Waals surface area contributed by atoms with Gasteiger partial charge in [0.05, 0.1) is 22.9 Å². The summed E-state index contributed by atoms with van der Waals surface area (Å²) in [4.78, 5) is 35.8. The second kappa shape index (κ2) is 41.6. The van der Waals surface area contributed by atoms with Gasteiger partial charge in [-0.1, -0.05) is 196 Å². The van der Waals surface area contributed by atoms with Crippen LogP contribution in [0.3, 0.4) is 0 Å². The number of benzene rings is 7. The number of anilines is 1. The molecule has 8 aromatic heterocycles. The lowest BCUT2D eigenvalue weighted by atomic mass is 10.0. The van der Waals surface area contributed by atoms with Gasteiger partial charge in [0, 0.05) is 112 Å². The molecule has 10 heteroatoms. The predicted octanol–water partition coefficient (Wildman–Crippen LogP) is 21.6. The van der Waals surface area contributed by atoms with Gasteiger partial charge in [-0.2, -0.15) is 0 Å². The topological polar surface area (TPSA) is 131 Å². The Balaban J connectivity index is 0.000000153. The fraction of sp³-hybridized carbons (Fsp3) is 0.195. The maximum atomic E-state index is 4.38. The third-order valence-corrected chi connectivity index (χ3v) is 15.5. The highest BCUT2D eigenvalue weighted by molar-refractivity contribution is 5.84. The van der Waals surface area contributed by atoms with Gasteiger partial charge in [-0.15, -0.1) is 0 Å². The van der Waals surface area contributed by atoms with Crippen LogP contribution in [0.1, 0.15) is 95.8 Å². The van der Waals surface area contributed by atoms with Crippen LogP contribution in [0, 0.1) is 41.5 Å². The number of hydrogen-bond donors (Lipinski definition) is 2. The Hall–Kier alpha value is -11.1. The fourth-order valence-electron chi connectivity index (χ4n) is 10.0. The van der Waals surface area contributed by atoms with Crippen LogP contribution in [-0.2, 0) is 32.1 Å². The minimum Gasteiger partial charge on any atom is -0.385 e. The highest BCUT2D eigenvalue weighted by atomic mass is 14.9. The summed E-state index contributed by atoms with van der Waals surface area (Å²) >= 11 is 0. The summed E-state index contributed by atoms with van der Waals surface area (Å²) in [6.07, 6.45) is 25.0. The molecule has 2 N–H and O–H groups in total. The molecule has 9 heterocycles. The highest BCUT2D eigenvalue weighted by Crippen LogP contribution is 2.23. The molecule has 0 atom stereocenters. The number of aromatic nitrogens is 9. The first-order valence-corrected chi connectivity index (χ1v) is 33.6. The summed E-state index contributed by atoms with van der Waals surface area (Å²) in [5, 5.41) is 12.1. The van der Waals surface area contributed by atoms with Gasteiger partial charge in [-0.25, -0.2) is 4.98 Å². The third kappa shape index (κ3) is 26.3. The van der Waals surface area contributed by atoms with Crippen molar-refractivity contribution < 1.29 is 0 Å². The zero-order chi connectivity index (χ0) is 68.7. The van der Waals surface area contributed by atoms with Crippen molar-refractivity contribution in [1.82, 2.24) is 44.9 Å². The summed E-state index contributed by atoms with van der Waals surface area (Å²) in [5.74, 6) is 0. The number of hydrogen-bond acceptors (Lipinski definition) is 9. The summed E-state index contributed by atoms with van der Waals surface area (Å²) in [5.41, 5.74) is 18.4. The molecular weight excluding hydrogens is 1190 g/mol. The van der Waals surface area contributed by atoms with Crippen LogP contribution in [0.4, 0.5) is 5.69 Å². The van der Waals surface area contributed by atoms with Crippen molar-refractivity contribution in [3.8, 4) is 0 Å². The Labute approximate surface area is 575 Å². The summed E-state index contributed by atoms with van der Waals surface area (Å²) in [6.45, 7) is 22.0. The number of nitrogens with one attached hydrogen (secondary N) is 2. The van der Waals surface area contributed by atoms with Crippen LogP contribution in [0.25, 0.3) is 54.3 Å². The molecule has 0 saturated carbocycles. The van der Waals surface area contributed by atoms with Crippen LogP contribution in [0.15, 0.2) is 293 Å². The normalized spacial score (nSPS) is 10.5. The van der Waals surface area contributed by atoms with Gasteiger partial charge < -0.3 is 10.3 Å². The first kappa shape index (κ1) is 73.3. The second-order valence-corrected chi connectivity index (χ2v) is 23.2. The summed E-state index contributed by atoms with van der Waals surface area (Å²) in [7, 11) is 0. The number of pyridine rings is 7. The molecule has 0 aliphatic carbocycles. The van der Waals surface area contributed by atoms with Gasteiger partial charge in [0.25, 0.3) is 0 Å². The van der Waals surface area contributed by atoms with Crippen LogP contribution < -0.4 is 5.32 Å². The molecule has 0 spiro atoms. The first-order valence-electron chi connectivity index (χ1n) is 33.6. The maximum Gasteiger partial charge on any atom is 0.0921 e. The number of para-hydroxylation sites is 2. The van der Waals surface area contributed by atoms with E-state index in [-0.39, 0.29) is 0 Å². The highest BCUT2D eigenvalue weighted by Gasteiger charge is 2.07. The minimum absolute atomic E-state index is 1.03. The van der Waals surface area contributed by atoms with Crippen LogP contribution in [-0.4, -0.2) is 51.4 Å². The van der Waals surface area contributed by atoms with Crippen LogP contribution in [0.5, 0.6) is 0 Å². The number of H-pyrrole nitrogens is 1. The van der Waals surface area contributed by atoms with Gasteiger partial charge in [-0.3, -0.25) is 34.9 Å². The van der Waals surface area contributed by atoms with E-state index < -0.39 is 0 Å². The summed E-state index contributed by atoms with van der Waals surface area (Å²) in [6, 6.07) is 78.7. The zero-order valence-corrected chi connectivity index (χ0v) is 58.2. The molecule has 7 aromatic carbocycles. The standard InChI is InChI=1S/C11H10.C10H9N.C10H13N.3C10H9N.3C7H9N.C5H8N2/c1-9-6-7-10-4-2-3-5-11(10)8-9;1-8-4-2-5-9-6-3-7-11-10(8)9;2*1-8-4-5-10-9(7-8)3-2-6-11-10;1-8-6-9-4-2-3-5-10(9)7-11-8;1-8-6-7-9-4-2-3-5-10(9)11-8;1-2-7-3-5-8-6-4-7;1-2-7-4-3-5-8-6-7;1-2-7-5-3-4-6-8-7;1-2-5-3-6-4-7-5/h2-8H,1H3;2-7H,1H3;4-5,7,11H,2-3,6H2,1H3;3*2-7H,1H3;3*3-6H,2H2,1H3;3-4H,2H2,1H3,(H,6,7). The van der Waals surface area contributed by atoms with E-state index in [9.17, 15) is 0 Å². The van der Waals surface area contributed by atoms with Crippen molar-refractivity contribution in [2.75, 3.05) is 11.9 Å². The lowest BCUT2D eigenvalue weighted by Gasteiger charge is -2.17. The number of aryl methyl sites for hydroxylation is 11. The maximum absolute atomic E-state index is 4.38. The number of nitrogens with zero attached hydrogens (tertiary/aromatic N) is 8. The monoisotopic (exact) mass is 1280 g/mol. The molecule has 492 valence electrons. The van der Waals surface area contributed by atoms with E-state index in [4.69, 9.17) is 0 Å². The average Bonchev–Trinajstić information content (AvgIpc) is 2.13. The molecule has 15 aromatic rings. The Morgan fingerprint density at radius 2 is 0.979 bits per heavy atom. The van der Waals surface area contributed by atoms with E-state index >= 15 is 0 Å². The van der Waals surface area contributed by atoms with Crippen molar-refractivity contribution >= 4 is 59.9 Å². The van der Waals surface area contributed by atoms with Gasteiger partial charge in [0.15, 0.2) is 0 Å². The lowest BCUT2D eigenvalue weighted by molar-refractivity contribution is 0.829. The largest absolute Gasteiger partial charge is 0.385 e. The van der Waals surface area contributed by atoms with E-state index in [0.29, 0.717) is 0 Å². The minimum atomic E-state index is 1.03. The number of aromatic amines is 1.